The molecule has 0 bridgehead atoms. The quantitative estimate of drug-likeness (QED) is 0.806. The van der Waals surface area contributed by atoms with E-state index >= 15 is 0 Å². The molecule has 0 unspecified atom stereocenters. The molecule has 0 aliphatic carbocycles. The molecule has 0 saturated carbocycles. The normalized spacial score (nSPS) is 17.4. The molecule has 0 radical (unpaired) electrons. The molecule has 1 aromatic heterocycles. The Morgan fingerprint density at radius 2 is 1.93 bits per heavy atom. The van der Waals surface area contributed by atoms with Gasteiger partial charge in [0.25, 0.3) is 5.91 Å². The number of rotatable bonds is 5. The minimum Gasteiger partial charge on any atom is -0.350 e. The van der Waals surface area contributed by atoms with Crippen molar-refractivity contribution in [2.75, 3.05) is 13.1 Å². The number of carbonyl (C=O) groups is 1. The largest absolute Gasteiger partial charge is 0.350 e. The Morgan fingerprint density at radius 1 is 1.28 bits per heavy atom. The molecule has 1 fully saturated rings. The lowest BCUT2D eigenvalue weighted by Gasteiger charge is -2.29. The molecule has 29 heavy (non-hydrogen) atoms. The van der Waals surface area contributed by atoms with E-state index in [1.54, 1.807) is 17.7 Å². The maximum Gasteiger partial charge on any atom is 0.256 e. The molecule has 2 aromatic rings. The molecule has 7 nitrogen and oxygen atoms in total. The molecule has 1 aliphatic heterocycles. The summed E-state index contributed by atoms with van der Waals surface area (Å²) in [4.78, 5) is 25.6. The van der Waals surface area contributed by atoms with Crippen LogP contribution >= 0.6 is 0 Å². The molecule has 1 aromatic carbocycles. The van der Waals surface area contributed by atoms with Gasteiger partial charge in [-0.3, -0.25) is 9.59 Å². The SMILES string of the molecule is CC[C@H](C)NC(=O)c1cn(C)c2ccc(S(=O)(=O)N3CCC(C)CC3)cc2c1=O. The van der Waals surface area contributed by atoms with Gasteiger partial charge < -0.3 is 9.88 Å². The summed E-state index contributed by atoms with van der Waals surface area (Å²) in [7, 11) is -1.94. The Bertz CT molecular complexity index is 1080. The van der Waals surface area contributed by atoms with E-state index in [0.29, 0.717) is 24.5 Å². The molecule has 3 rings (SSSR count). The van der Waals surface area contributed by atoms with Crippen LogP contribution in [-0.4, -0.2) is 42.3 Å². The highest BCUT2D eigenvalue weighted by molar-refractivity contribution is 7.89. The number of sulfonamides is 1. The van der Waals surface area contributed by atoms with Gasteiger partial charge >= 0.3 is 0 Å². The van der Waals surface area contributed by atoms with Gasteiger partial charge in [-0.1, -0.05) is 13.8 Å². The molecule has 158 valence electrons. The second-order valence-corrected chi connectivity index (χ2v) is 9.97. The first-order chi connectivity index (χ1) is 13.6. The highest BCUT2D eigenvalue weighted by atomic mass is 32.2. The maximum absolute atomic E-state index is 13.1. The summed E-state index contributed by atoms with van der Waals surface area (Å²) in [5.74, 6) is 0.0667. The number of fused-ring (bicyclic) bond motifs is 1. The third kappa shape index (κ3) is 4.23. The van der Waals surface area contributed by atoms with Gasteiger partial charge in [0.05, 0.1) is 10.4 Å². The minimum absolute atomic E-state index is 0.0154. The van der Waals surface area contributed by atoms with Gasteiger partial charge in [-0.25, -0.2) is 8.42 Å². The van der Waals surface area contributed by atoms with E-state index in [4.69, 9.17) is 0 Å². The van der Waals surface area contributed by atoms with Gasteiger partial charge in [-0.2, -0.15) is 4.31 Å². The summed E-state index contributed by atoms with van der Waals surface area (Å²) < 4.78 is 29.3. The predicted molar refractivity (Wildman–Crippen MR) is 114 cm³/mol. The first kappa shape index (κ1) is 21.5. The fraction of sp³-hybridized carbons (Fsp3) is 0.524. The number of carbonyl (C=O) groups excluding carboxylic acids is 1. The monoisotopic (exact) mass is 419 g/mol. The highest BCUT2D eigenvalue weighted by Crippen LogP contribution is 2.25. The van der Waals surface area contributed by atoms with Crippen molar-refractivity contribution >= 4 is 26.8 Å². The lowest BCUT2D eigenvalue weighted by molar-refractivity contribution is 0.0937. The topological polar surface area (TPSA) is 88.5 Å². The molecule has 1 aliphatic rings. The summed E-state index contributed by atoms with van der Waals surface area (Å²) in [6.45, 7) is 6.90. The van der Waals surface area contributed by atoms with Crippen LogP contribution in [0.25, 0.3) is 10.9 Å². The molecular formula is C21H29N3O4S. The number of pyridine rings is 1. The molecule has 2 heterocycles. The van der Waals surface area contributed by atoms with Gasteiger partial charge in [-0.15, -0.1) is 0 Å². The van der Waals surface area contributed by atoms with Crippen molar-refractivity contribution in [1.29, 1.82) is 0 Å². The highest BCUT2D eigenvalue weighted by Gasteiger charge is 2.28. The fourth-order valence-corrected chi connectivity index (χ4v) is 5.07. The van der Waals surface area contributed by atoms with Crippen LogP contribution in [-0.2, 0) is 17.1 Å². The van der Waals surface area contributed by atoms with Crippen molar-refractivity contribution in [1.82, 2.24) is 14.2 Å². The van der Waals surface area contributed by atoms with Crippen LogP contribution in [0.2, 0.25) is 0 Å². The van der Waals surface area contributed by atoms with Gasteiger partial charge in [0.2, 0.25) is 15.5 Å². The number of aryl methyl sites for hydroxylation is 1. The minimum atomic E-state index is -3.68. The van der Waals surface area contributed by atoms with Crippen molar-refractivity contribution in [3.8, 4) is 0 Å². The molecule has 1 amide bonds. The lowest BCUT2D eigenvalue weighted by Crippen LogP contribution is -2.38. The Hall–Kier alpha value is -2.19. The zero-order valence-corrected chi connectivity index (χ0v) is 18.3. The van der Waals surface area contributed by atoms with Crippen molar-refractivity contribution in [3.05, 3.63) is 40.2 Å². The Morgan fingerprint density at radius 3 is 2.55 bits per heavy atom. The number of nitrogens with one attached hydrogen (secondary N) is 1. The molecule has 1 N–H and O–H groups in total. The van der Waals surface area contributed by atoms with E-state index in [1.165, 1.54) is 22.6 Å². The fourth-order valence-electron chi connectivity index (χ4n) is 3.57. The number of hydrogen-bond acceptors (Lipinski definition) is 4. The van der Waals surface area contributed by atoms with Crippen molar-refractivity contribution in [3.63, 3.8) is 0 Å². The van der Waals surface area contributed by atoms with Crippen LogP contribution in [0, 0.1) is 5.92 Å². The summed E-state index contributed by atoms with van der Waals surface area (Å²) in [5.41, 5.74) is 0.145. The summed E-state index contributed by atoms with van der Waals surface area (Å²) in [5, 5.41) is 3.03. The first-order valence-electron chi connectivity index (χ1n) is 10.1. The third-order valence-corrected chi connectivity index (χ3v) is 7.67. The van der Waals surface area contributed by atoms with E-state index in [2.05, 4.69) is 12.2 Å². The van der Waals surface area contributed by atoms with Crippen molar-refractivity contribution in [2.24, 2.45) is 13.0 Å². The number of benzene rings is 1. The number of nitrogens with zero attached hydrogens (tertiary/aromatic N) is 2. The van der Waals surface area contributed by atoms with E-state index in [1.807, 2.05) is 13.8 Å². The van der Waals surface area contributed by atoms with Crippen LogP contribution in [0.5, 0.6) is 0 Å². The molecule has 0 spiro atoms. The number of aromatic nitrogens is 1. The molecule has 8 heteroatoms. The van der Waals surface area contributed by atoms with Gasteiger partial charge in [0, 0.05) is 37.8 Å². The molecule has 1 saturated heterocycles. The molecular weight excluding hydrogens is 390 g/mol. The Balaban J connectivity index is 2.06. The lowest BCUT2D eigenvalue weighted by atomic mass is 10.0. The van der Waals surface area contributed by atoms with Crippen LogP contribution in [0.1, 0.15) is 50.4 Å². The smallest absolute Gasteiger partial charge is 0.256 e. The summed E-state index contributed by atoms with van der Waals surface area (Å²) >= 11 is 0. The number of piperidine rings is 1. The summed E-state index contributed by atoms with van der Waals surface area (Å²) in [6, 6.07) is 4.52. The second kappa shape index (κ2) is 8.28. The zero-order valence-electron chi connectivity index (χ0n) is 17.4. The van der Waals surface area contributed by atoms with Crippen LogP contribution in [0.4, 0.5) is 0 Å². The Kier molecular flexibility index (Phi) is 6.14. The van der Waals surface area contributed by atoms with Gasteiger partial charge in [-0.05, 0) is 50.3 Å². The van der Waals surface area contributed by atoms with Crippen molar-refractivity contribution < 1.29 is 13.2 Å². The summed E-state index contributed by atoms with van der Waals surface area (Å²) in [6.07, 6.45) is 3.90. The third-order valence-electron chi connectivity index (χ3n) is 5.77. The second-order valence-electron chi connectivity index (χ2n) is 8.03. The van der Waals surface area contributed by atoms with Crippen molar-refractivity contribution in [2.45, 2.75) is 51.0 Å². The number of amides is 1. The van der Waals surface area contributed by atoms with Crippen LogP contribution in [0.15, 0.2) is 34.1 Å². The van der Waals surface area contributed by atoms with Crippen LogP contribution in [0.3, 0.4) is 0 Å². The standard InChI is InChI=1S/C21H29N3O4S/c1-5-15(3)22-21(26)18-13-23(4)19-7-6-16(12-17(19)20(18)25)29(27,28)24-10-8-14(2)9-11-24/h6-7,12-15H,5,8-11H2,1-4H3,(H,22,26)/t15-/m0/s1. The molecule has 1 atom stereocenters. The first-order valence-corrected chi connectivity index (χ1v) is 11.5. The zero-order chi connectivity index (χ0) is 21.3. The van der Waals surface area contributed by atoms with E-state index in [0.717, 1.165) is 19.3 Å². The van der Waals surface area contributed by atoms with Gasteiger partial charge in [0.1, 0.15) is 5.56 Å². The van der Waals surface area contributed by atoms with E-state index in [-0.39, 0.29) is 21.9 Å². The maximum atomic E-state index is 13.1. The average molecular weight is 420 g/mol. The number of hydrogen-bond donors (Lipinski definition) is 1. The van der Waals surface area contributed by atoms with E-state index < -0.39 is 21.4 Å². The van der Waals surface area contributed by atoms with Crippen LogP contribution < -0.4 is 10.7 Å². The average Bonchev–Trinajstić information content (AvgIpc) is 2.70. The Labute approximate surface area is 171 Å². The van der Waals surface area contributed by atoms with E-state index in [9.17, 15) is 18.0 Å². The van der Waals surface area contributed by atoms with Gasteiger partial charge in [0.15, 0.2) is 0 Å². The predicted octanol–water partition coefficient (Wildman–Crippen LogP) is 2.49.